The fraction of sp³-hybridized carbons (Fsp3) is 0.500. The molecule has 4 unspecified atom stereocenters. The van der Waals surface area contributed by atoms with E-state index in [0.717, 1.165) is 5.56 Å². The van der Waals surface area contributed by atoms with E-state index in [2.05, 4.69) is 16.0 Å². The molecule has 0 aliphatic rings. The number of rotatable bonds is 18. The van der Waals surface area contributed by atoms with Crippen molar-refractivity contribution < 1.29 is 33.9 Å². The number of primary amides is 2. The highest BCUT2D eigenvalue weighted by molar-refractivity contribution is 7.98. The van der Waals surface area contributed by atoms with Crippen LogP contribution in [-0.2, 0) is 35.2 Å². The molecule has 13 nitrogen and oxygen atoms in total. The molecule has 14 heteroatoms. The maximum Gasteiger partial charge on any atom is 0.326 e. The molecule has 4 atom stereocenters. The third-order valence-electron chi connectivity index (χ3n) is 5.49. The lowest BCUT2D eigenvalue weighted by atomic mass is 10.0. The Hall–Kier alpha value is -3.65. The number of nitrogens with one attached hydrogen (secondary N) is 3. The summed E-state index contributed by atoms with van der Waals surface area (Å²) in [6.45, 7) is 0. The van der Waals surface area contributed by atoms with Crippen molar-refractivity contribution in [2.45, 2.75) is 62.7 Å². The molecule has 210 valence electrons. The van der Waals surface area contributed by atoms with E-state index < -0.39 is 59.7 Å². The summed E-state index contributed by atoms with van der Waals surface area (Å²) >= 11 is 1.52. The third-order valence-corrected chi connectivity index (χ3v) is 6.14. The summed E-state index contributed by atoms with van der Waals surface area (Å²) in [4.78, 5) is 72.8. The summed E-state index contributed by atoms with van der Waals surface area (Å²) < 4.78 is 0. The Balaban J connectivity index is 3.10. The molecule has 0 saturated heterocycles. The molecule has 10 N–H and O–H groups in total. The predicted molar refractivity (Wildman–Crippen MR) is 141 cm³/mol. The van der Waals surface area contributed by atoms with Gasteiger partial charge in [0, 0.05) is 19.3 Å². The minimum Gasteiger partial charge on any atom is -0.480 e. The second-order valence-electron chi connectivity index (χ2n) is 8.61. The zero-order chi connectivity index (χ0) is 28.7. The van der Waals surface area contributed by atoms with Crippen LogP contribution in [-0.4, -0.2) is 76.8 Å². The Morgan fingerprint density at radius 2 is 1.29 bits per heavy atom. The first-order chi connectivity index (χ1) is 17.9. The lowest BCUT2D eigenvalue weighted by Crippen LogP contribution is -2.57. The number of thioether (sulfide) groups is 1. The molecule has 0 heterocycles. The van der Waals surface area contributed by atoms with Crippen molar-refractivity contribution in [3.63, 3.8) is 0 Å². The number of carbonyl (C=O) groups excluding carboxylic acids is 5. The SMILES string of the molecule is CSCCC(N)C(=O)NC(Cc1ccccc1)C(=O)NC(CCC(N)=O)C(=O)NC(CCC(N)=O)C(=O)O. The van der Waals surface area contributed by atoms with E-state index in [4.69, 9.17) is 17.2 Å². The van der Waals surface area contributed by atoms with Crippen molar-refractivity contribution in [3.05, 3.63) is 35.9 Å². The Bertz CT molecular complexity index is 978. The second kappa shape index (κ2) is 17.0. The summed E-state index contributed by atoms with van der Waals surface area (Å²) in [6, 6.07) is 4.03. The van der Waals surface area contributed by atoms with Crippen molar-refractivity contribution >= 4 is 47.3 Å². The zero-order valence-electron chi connectivity index (χ0n) is 21.2. The number of hydrogen-bond donors (Lipinski definition) is 7. The number of carbonyl (C=O) groups is 6. The summed E-state index contributed by atoms with van der Waals surface area (Å²) in [5.74, 6) is -4.46. The van der Waals surface area contributed by atoms with Gasteiger partial charge in [-0.2, -0.15) is 11.8 Å². The molecular formula is C24H36N6O7S. The topological polar surface area (TPSA) is 237 Å². The number of carboxylic acids is 1. The van der Waals surface area contributed by atoms with Crippen LogP contribution < -0.4 is 33.2 Å². The Kier molecular flexibility index (Phi) is 14.5. The highest BCUT2D eigenvalue weighted by atomic mass is 32.2. The van der Waals surface area contributed by atoms with E-state index in [1.54, 1.807) is 30.3 Å². The van der Waals surface area contributed by atoms with Gasteiger partial charge in [-0.05, 0) is 36.8 Å². The molecular weight excluding hydrogens is 516 g/mol. The van der Waals surface area contributed by atoms with Crippen LogP contribution in [0.15, 0.2) is 30.3 Å². The van der Waals surface area contributed by atoms with E-state index in [1.807, 2.05) is 6.26 Å². The summed E-state index contributed by atoms with van der Waals surface area (Å²) in [5.41, 5.74) is 16.9. The fourth-order valence-electron chi connectivity index (χ4n) is 3.36. The number of benzene rings is 1. The zero-order valence-corrected chi connectivity index (χ0v) is 22.0. The van der Waals surface area contributed by atoms with Gasteiger partial charge in [0.05, 0.1) is 6.04 Å². The molecule has 0 fully saturated rings. The van der Waals surface area contributed by atoms with Gasteiger partial charge in [-0.25, -0.2) is 4.79 Å². The van der Waals surface area contributed by atoms with Crippen molar-refractivity contribution in [1.82, 2.24) is 16.0 Å². The molecule has 38 heavy (non-hydrogen) atoms. The van der Waals surface area contributed by atoms with Crippen LogP contribution in [0, 0.1) is 0 Å². The van der Waals surface area contributed by atoms with E-state index in [1.165, 1.54) is 11.8 Å². The van der Waals surface area contributed by atoms with Gasteiger partial charge in [0.15, 0.2) is 0 Å². The fourth-order valence-corrected chi connectivity index (χ4v) is 3.85. The quantitative estimate of drug-likeness (QED) is 0.111. The molecule has 1 rings (SSSR count). The summed E-state index contributed by atoms with van der Waals surface area (Å²) in [6.07, 6.45) is 1.26. The number of nitrogens with two attached hydrogens (primary N) is 3. The Morgan fingerprint density at radius 1 is 0.789 bits per heavy atom. The van der Waals surface area contributed by atoms with Crippen LogP contribution in [0.5, 0.6) is 0 Å². The monoisotopic (exact) mass is 552 g/mol. The van der Waals surface area contributed by atoms with Crippen LogP contribution in [0.4, 0.5) is 0 Å². The first-order valence-electron chi connectivity index (χ1n) is 11.9. The Morgan fingerprint density at radius 3 is 1.82 bits per heavy atom. The van der Waals surface area contributed by atoms with Crippen LogP contribution >= 0.6 is 11.8 Å². The Labute approximate surface area is 225 Å². The van der Waals surface area contributed by atoms with Gasteiger partial charge in [-0.15, -0.1) is 0 Å². The predicted octanol–water partition coefficient (Wildman–Crippen LogP) is -1.62. The van der Waals surface area contributed by atoms with E-state index >= 15 is 0 Å². The van der Waals surface area contributed by atoms with Crippen molar-refractivity contribution in [1.29, 1.82) is 0 Å². The van der Waals surface area contributed by atoms with Crippen LogP contribution in [0.1, 0.15) is 37.7 Å². The van der Waals surface area contributed by atoms with Gasteiger partial charge < -0.3 is 38.3 Å². The van der Waals surface area contributed by atoms with Gasteiger partial charge in [0.1, 0.15) is 18.1 Å². The van der Waals surface area contributed by atoms with Crippen molar-refractivity contribution in [2.24, 2.45) is 17.2 Å². The lowest BCUT2D eigenvalue weighted by molar-refractivity contribution is -0.142. The summed E-state index contributed by atoms with van der Waals surface area (Å²) in [5, 5.41) is 16.7. The van der Waals surface area contributed by atoms with Gasteiger partial charge in [-0.1, -0.05) is 30.3 Å². The van der Waals surface area contributed by atoms with Crippen LogP contribution in [0.25, 0.3) is 0 Å². The number of hydrogen-bond acceptors (Lipinski definition) is 8. The minimum absolute atomic E-state index is 0.0776. The summed E-state index contributed by atoms with van der Waals surface area (Å²) in [7, 11) is 0. The van der Waals surface area contributed by atoms with E-state index in [9.17, 15) is 33.9 Å². The molecule has 0 spiro atoms. The molecule has 0 saturated carbocycles. The smallest absolute Gasteiger partial charge is 0.326 e. The van der Waals surface area contributed by atoms with E-state index in [-0.39, 0.29) is 32.1 Å². The normalized spacial score (nSPS) is 13.8. The molecule has 0 aromatic heterocycles. The number of carboxylic acid groups (broad SMARTS) is 1. The van der Waals surface area contributed by atoms with Crippen molar-refractivity contribution in [2.75, 3.05) is 12.0 Å². The number of amides is 5. The van der Waals surface area contributed by atoms with Crippen LogP contribution in [0.3, 0.4) is 0 Å². The van der Waals surface area contributed by atoms with Crippen LogP contribution in [0.2, 0.25) is 0 Å². The van der Waals surface area contributed by atoms with Gasteiger partial charge in [0.2, 0.25) is 29.5 Å². The van der Waals surface area contributed by atoms with Gasteiger partial charge in [0.25, 0.3) is 0 Å². The molecule has 1 aromatic rings. The third kappa shape index (κ3) is 12.5. The standard InChI is InChI=1S/C24H36N6O7S/c1-38-12-11-15(25)21(33)30-18(13-14-5-3-2-4-6-14)23(35)28-16(7-9-19(26)31)22(34)29-17(24(36)37)8-10-20(27)32/h2-6,15-18H,7-13,25H2,1H3,(H2,26,31)(H2,27,32)(H,28,35)(H,29,34)(H,30,33)(H,36,37). The maximum atomic E-state index is 13.3. The average molecular weight is 553 g/mol. The van der Waals surface area contributed by atoms with E-state index in [0.29, 0.717) is 12.2 Å². The highest BCUT2D eigenvalue weighted by Gasteiger charge is 2.30. The van der Waals surface area contributed by atoms with Gasteiger partial charge in [-0.3, -0.25) is 24.0 Å². The molecule has 0 aliphatic carbocycles. The minimum atomic E-state index is -1.46. The largest absolute Gasteiger partial charge is 0.480 e. The molecule has 0 radical (unpaired) electrons. The average Bonchev–Trinajstić information content (AvgIpc) is 2.86. The highest BCUT2D eigenvalue weighted by Crippen LogP contribution is 2.08. The maximum absolute atomic E-state index is 13.3. The molecule has 5 amide bonds. The second-order valence-corrected chi connectivity index (χ2v) is 9.60. The first kappa shape index (κ1) is 32.4. The van der Waals surface area contributed by atoms with Gasteiger partial charge >= 0.3 is 5.97 Å². The van der Waals surface area contributed by atoms with Crippen molar-refractivity contribution in [3.8, 4) is 0 Å². The number of aliphatic carboxylic acids is 1. The first-order valence-corrected chi connectivity index (χ1v) is 13.3. The lowest BCUT2D eigenvalue weighted by Gasteiger charge is -2.25. The molecule has 0 aliphatic heterocycles. The molecule has 1 aromatic carbocycles. The molecule has 0 bridgehead atoms.